The number of nitrogens with one attached hydrogen (secondary N) is 1. The van der Waals surface area contributed by atoms with Crippen molar-refractivity contribution in [3.05, 3.63) is 29.8 Å². The summed E-state index contributed by atoms with van der Waals surface area (Å²) >= 11 is 0. The summed E-state index contributed by atoms with van der Waals surface area (Å²) < 4.78 is 5.78. The van der Waals surface area contributed by atoms with Crippen molar-refractivity contribution in [3.8, 4) is 5.75 Å². The first-order valence-electron chi connectivity index (χ1n) is 6.56. The van der Waals surface area contributed by atoms with Crippen LogP contribution in [0.1, 0.15) is 32.8 Å². The van der Waals surface area contributed by atoms with Crippen LogP contribution in [-0.4, -0.2) is 25.5 Å². The third-order valence-electron chi connectivity index (χ3n) is 3.05. The second kappa shape index (κ2) is 5.42. The Morgan fingerprint density at radius 2 is 2.17 bits per heavy atom. The molecule has 0 spiro atoms. The molecule has 1 N–H and O–H groups in total. The summed E-state index contributed by atoms with van der Waals surface area (Å²) in [5.74, 6) is 2.02. The third-order valence-corrected chi connectivity index (χ3v) is 3.05. The van der Waals surface area contributed by atoms with Gasteiger partial charge in [-0.2, -0.15) is 0 Å². The molecular weight excluding hydrogens is 224 g/mol. The molecule has 3 heteroatoms. The van der Waals surface area contributed by atoms with Crippen molar-refractivity contribution in [2.45, 2.75) is 32.6 Å². The Balaban J connectivity index is 1.89. The molecule has 98 valence electrons. The van der Waals surface area contributed by atoms with E-state index in [1.165, 1.54) is 5.56 Å². The number of hydrogen-bond acceptors (Lipinski definition) is 3. The number of rotatable bonds is 4. The summed E-state index contributed by atoms with van der Waals surface area (Å²) in [6.45, 7) is 9.18. The van der Waals surface area contributed by atoms with Gasteiger partial charge in [0, 0.05) is 13.0 Å². The van der Waals surface area contributed by atoms with Crippen molar-refractivity contribution in [1.82, 2.24) is 5.32 Å². The van der Waals surface area contributed by atoms with Crippen molar-refractivity contribution in [2.24, 2.45) is 4.99 Å². The Labute approximate surface area is 109 Å². The molecule has 1 aromatic rings. The number of aliphatic imine (C=N–C) groups is 1. The van der Waals surface area contributed by atoms with E-state index in [1.54, 1.807) is 0 Å². The minimum Gasteiger partial charge on any atom is -0.493 e. The minimum atomic E-state index is 0.163. The van der Waals surface area contributed by atoms with E-state index in [0.29, 0.717) is 6.61 Å². The topological polar surface area (TPSA) is 33.6 Å². The zero-order valence-corrected chi connectivity index (χ0v) is 11.5. The van der Waals surface area contributed by atoms with Gasteiger partial charge in [0.25, 0.3) is 0 Å². The SMILES string of the molecule is CC(C)(C)c1cccc(OCCC2=NCCN2)c1. The highest BCUT2D eigenvalue weighted by Crippen LogP contribution is 2.25. The Morgan fingerprint density at radius 3 is 2.83 bits per heavy atom. The Kier molecular flexibility index (Phi) is 3.90. The summed E-state index contributed by atoms with van der Waals surface area (Å²) in [6.07, 6.45) is 0.861. The molecular formula is C15H22N2O. The number of benzene rings is 1. The van der Waals surface area contributed by atoms with Crippen LogP contribution in [0.5, 0.6) is 5.75 Å². The normalized spacial score (nSPS) is 15.2. The molecule has 1 heterocycles. The lowest BCUT2D eigenvalue weighted by Crippen LogP contribution is -2.20. The van der Waals surface area contributed by atoms with Gasteiger partial charge in [-0.3, -0.25) is 4.99 Å². The van der Waals surface area contributed by atoms with Crippen molar-refractivity contribution in [1.29, 1.82) is 0 Å². The second-order valence-electron chi connectivity index (χ2n) is 5.63. The Bertz CT molecular complexity index is 432. The second-order valence-corrected chi connectivity index (χ2v) is 5.63. The van der Waals surface area contributed by atoms with E-state index in [4.69, 9.17) is 4.74 Å². The fourth-order valence-electron chi connectivity index (χ4n) is 1.93. The third kappa shape index (κ3) is 3.49. The van der Waals surface area contributed by atoms with Crippen LogP contribution in [0.25, 0.3) is 0 Å². The minimum absolute atomic E-state index is 0.163. The van der Waals surface area contributed by atoms with Crippen LogP contribution < -0.4 is 10.1 Å². The molecule has 2 rings (SSSR count). The molecule has 1 aliphatic rings. The summed E-state index contributed by atoms with van der Waals surface area (Å²) in [6, 6.07) is 8.35. The van der Waals surface area contributed by atoms with E-state index >= 15 is 0 Å². The quantitative estimate of drug-likeness (QED) is 0.886. The van der Waals surface area contributed by atoms with E-state index in [2.05, 4.69) is 49.3 Å². The predicted molar refractivity (Wildman–Crippen MR) is 75.6 cm³/mol. The molecule has 0 bridgehead atoms. The molecule has 0 fully saturated rings. The summed E-state index contributed by atoms with van der Waals surface area (Å²) in [7, 11) is 0. The largest absolute Gasteiger partial charge is 0.493 e. The lowest BCUT2D eigenvalue weighted by atomic mass is 9.87. The van der Waals surface area contributed by atoms with Gasteiger partial charge in [0.1, 0.15) is 5.75 Å². The van der Waals surface area contributed by atoms with Crippen LogP contribution in [0.2, 0.25) is 0 Å². The summed E-state index contributed by atoms with van der Waals surface area (Å²) in [5, 5.41) is 3.25. The van der Waals surface area contributed by atoms with Crippen molar-refractivity contribution >= 4 is 5.84 Å². The standard InChI is InChI=1S/C15H22N2O/c1-15(2,3)12-5-4-6-13(11-12)18-10-7-14-16-8-9-17-14/h4-6,11H,7-10H2,1-3H3,(H,16,17). The highest BCUT2D eigenvalue weighted by atomic mass is 16.5. The van der Waals surface area contributed by atoms with E-state index in [0.717, 1.165) is 31.1 Å². The van der Waals surface area contributed by atoms with Gasteiger partial charge >= 0.3 is 0 Å². The maximum absolute atomic E-state index is 5.78. The first-order valence-corrected chi connectivity index (χ1v) is 6.56. The van der Waals surface area contributed by atoms with Gasteiger partial charge in [-0.15, -0.1) is 0 Å². The number of amidine groups is 1. The monoisotopic (exact) mass is 246 g/mol. The average Bonchev–Trinajstić information content (AvgIpc) is 2.81. The van der Waals surface area contributed by atoms with Crippen LogP contribution in [0, 0.1) is 0 Å². The zero-order valence-electron chi connectivity index (χ0n) is 11.5. The summed E-state index contributed by atoms with van der Waals surface area (Å²) in [5.41, 5.74) is 1.47. The van der Waals surface area contributed by atoms with Gasteiger partial charge in [0.05, 0.1) is 19.0 Å². The predicted octanol–water partition coefficient (Wildman–Crippen LogP) is 2.75. The highest BCUT2D eigenvalue weighted by molar-refractivity contribution is 5.83. The van der Waals surface area contributed by atoms with Gasteiger partial charge in [-0.1, -0.05) is 32.9 Å². The van der Waals surface area contributed by atoms with Crippen LogP contribution in [0.4, 0.5) is 0 Å². The molecule has 0 radical (unpaired) electrons. The lowest BCUT2D eigenvalue weighted by molar-refractivity contribution is 0.327. The molecule has 18 heavy (non-hydrogen) atoms. The lowest BCUT2D eigenvalue weighted by Gasteiger charge is -2.19. The molecule has 1 aromatic carbocycles. The smallest absolute Gasteiger partial charge is 0.119 e. The fraction of sp³-hybridized carbons (Fsp3) is 0.533. The van der Waals surface area contributed by atoms with Crippen molar-refractivity contribution < 1.29 is 4.74 Å². The molecule has 0 amide bonds. The van der Waals surface area contributed by atoms with Crippen molar-refractivity contribution in [2.75, 3.05) is 19.7 Å². The van der Waals surface area contributed by atoms with Gasteiger partial charge in [-0.05, 0) is 23.1 Å². The fourth-order valence-corrected chi connectivity index (χ4v) is 1.93. The first kappa shape index (κ1) is 12.9. The summed E-state index contributed by atoms with van der Waals surface area (Å²) in [4.78, 5) is 4.35. The van der Waals surface area contributed by atoms with Gasteiger partial charge in [0.15, 0.2) is 0 Å². The molecule has 0 saturated heterocycles. The van der Waals surface area contributed by atoms with Gasteiger partial charge in [0.2, 0.25) is 0 Å². The highest BCUT2D eigenvalue weighted by Gasteiger charge is 2.14. The van der Waals surface area contributed by atoms with Crippen LogP contribution in [-0.2, 0) is 5.41 Å². The molecule has 1 aliphatic heterocycles. The number of ether oxygens (including phenoxy) is 1. The zero-order chi connectivity index (χ0) is 13.0. The van der Waals surface area contributed by atoms with Crippen LogP contribution >= 0.6 is 0 Å². The van der Waals surface area contributed by atoms with E-state index in [1.807, 2.05) is 6.07 Å². The Morgan fingerprint density at radius 1 is 1.33 bits per heavy atom. The maximum atomic E-state index is 5.78. The molecule has 0 saturated carbocycles. The molecule has 3 nitrogen and oxygen atoms in total. The van der Waals surface area contributed by atoms with Crippen LogP contribution in [0.3, 0.4) is 0 Å². The Hall–Kier alpha value is -1.51. The number of hydrogen-bond donors (Lipinski definition) is 1. The van der Waals surface area contributed by atoms with E-state index in [-0.39, 0.29) is 5.41 Å². The number of nitrogens with zero attached hydrogens (tertiary/aromatic N) is 1. The van der Waals surface area contributed by atoms with Gasteiger partial charge in [-0.25, -0.2) is 0 Å². The first-order chi connectivity index (χ1) is 8.55. The van der Waals surface area contributed by atoms with E-state index < -0.39 is 0 Å². The molecule has 0 atom stereocenters. The molecule has 0 aliphatic carbocycles. The molecule has 0 aromatic heterocycles. The van der Waals surface area contributed by atoms with Crippen molar-refractivity contribution in [3.63, 3.8) is 0 Å². The molecule has 0 unspecified atom stereocenters. The van der Waals surface area contributed by atoms with E-state index in [9.17, 15) is 0 Å². The average molecular weight is 246 g/mol. The van der Waals surface area contributed by atoms with Gasteiger partial charge < -0.3 is 10.1 Å². The van der Waals surface area contributed by atoms with Crippen LogP contribution in [0.15, 0.2) is 29.3 Å². The maximum Gasteiger partial charge on any atom is 0.119 e.